The van der Waals surface area contributed by atoms with Gasteiger partial charge in [0.15, 0.2) is 0 Å². The lowest BCUT2D eigenvalue weighted by atomic mass is 9.89. The zero-order valence-electron chi connectivity index (χ0n) is 11.9. The van der Waals surface area contributed by atoms with Crippen molar-refractivity contribution in [2.24, 2.45) is 11.7 Å². The predicted octanol–water partition coefficient (Wildman–Crippen LogP) is 1.72. The molecule has 1 saturated carbocycles. The Hall–Kier alpha value is -1.88. The number of nitrogens with zero attached hydrogens (tertiary/aromatic N) is 1. The summed E-state index contributed by atoms with van der Waals surface area (Å²) in [6.07, 6.45) is 2.93. The quantitative estimate of drug-likeness (QED) is 0.868. The maximum atomic E-state index is 12.7. The van der Waals surface area contributed by atoms with Gasteiger partial charge in [-0.3, -0.25) is 9.59 Å². The fraction of sp³-hybridized carbons (Fsp3) is 0.500. The molecule has 0 bridgehead atoms. The summed E-state index contributed by atoms with van der Waals surface area (Å²) in [6, 6.07) is 7.45. The summed E-state index contributed by atoms with van der Waals surface area (Å²) in [7, 11) is 0. The number of carbonyl (C=O) groups excluding carboxylic acids is 1. The van der Waals surface area contributed by atoms with Gasteiger partial charge in [0, 0.05) is 24.2 Å². The molecule has 1 aromatic carbocycles. The third-order valence-corrected chi connectivity index (χ3v) is 4.63. The number of hydrogen-bond acceptors (Lipinski definition) is 3. The van der Waals surface area contributed by atoms with Crippen LogP contribution in [0.2, 0.25) is 0 Å². The molecular formula is C16H20N2O3. The largest absolute Gasteiger partial charge is 0.481 e. The molecule has 3 N–H and O–H groups in total. The molecule has 1 amide bonds. The van der Waals surface area contributed by atoms with Crippen LogP contribution >= 0.6 is 0 Å². The molecule has 1 aliphatic carbocycles. The van der Waals surface area contributed by atoms with Gasteiger partial charge in [-0.15, -0.1) is 0 Å². The average molecular weight is 288 g/mol. The number of nitrogens with two attached hydrogens (primary N) is 1. The summed E-state index contributed by atoms with van der Waals surface area (Å²) >= 11 is 0. The number of carboxylic acids is 1. The molecule has 0 aromatic heterocycles. The van der Waals surface area contributed by atoms with E-state index in [0.29, 0.717) is 13.0 Å². The van der Waals surface area contributed by atoms with Crippen molar-refractivity contribution in [3.05, 3.63) is 29.8 Å². The number of benzene rings is 1. The van der Waals surface area contributed by atoms with Crippen LogP contribution in [0.15, 0.2) is 24.3 Å². The molecule has 1 fully saturated rings. The van der Waals surface area contributed by atoms with E-state index in [2.05, 4.69) is 0 Å². The second-order valence-corrected chi connectivity index (χ2v) is 6.00. The van der Waals surface area contributed by atoms with Crippen LogP contribution in [0, 0.1) is 5.92 Å². The molecule has 0 saturated heterocycles. The Labute approximate surface area is 123 Å². The minimum absolute atomic E-state index is 0.0190. The molecule has 3 atom stereocenters. The van der Waals surface area contributed by atoms with Crippen molar-refractivity contribution >= 4 is 17.6 Å². The van der Waals surface area contributed by atoms with Crippen molar-refractivity contribution in [1.82, 2.24) is 0 Å². The van der Waals surface area contributed by atoms with Gasteiger partial charge < -0.3 is 15.7 Å². The van der Waals surface area contributed by atoms with Gasteiger partial charge in [-0.05, 0) is 37.3 Å². The summed E-state index contributed by atoms with van der Waals surface area (Å²) in [5.41, 5.74) is 7.39. The first-order valence-corrected chi connectivity index (χ1v) is 7.46. The first-order valence-electron chi connectivity index (χ1n) is 7.46. The monoisotopic (exact) mass is 288 g/mol. The Kier molecular flexibility index (Phi) is 3.68. The van der Waals surface area contributed by atoms with Crippen LogP contribution in [0.1, 0.15) is 37.2 Å². The molecule has 5 nitrogen and oxygen atoms in total. The highest BCUT2D eigenvalue weighted by molar-refractivity contribution is 5.98. The first-order chi connectivity index (χ1) is 10.1. The Bertz CT molecular complexity index is 572. The summed E-state index contributed by atoms with van der Waals surface area (Å²) in [4.78, 5) is 25.8. The Morgan fingerprint density at radius 1 is 1.19 bits per heavy atom. The first kappa shape index (κ1) is 14.1. The number of carbonyl (C=O) groups is 2. The second kappa shape index (κ2) is 5.48. The molecular weight excluding hydrogens is 268 g/mol. The third kappa shape index (κ3) is 2.53. The van der Waals surface area contributed by atoms with E-state index < -0.39 is 11.9 Å². The lowest BCUT2D eigenvalue weighted by Gasteiger charge is -2.34. The maximum Gasteiger partial charge on any atom is 0.311 e. The second-order valence-electron chi connectivity index (χ2n) is 6.00. The van der Waals surface area contributed by atoms with Gasteiger partial charge >= 0.3 is 5.97 Å². The van der Waals surface area contributed by atoms with Gasteiger partial charge in [-0.1, -0.05) is 18.2 Å². The molecule has 3 rings (SSSR count). The lowest BCUT2D eigenvalue weighted by Crippen LogP contribution is -2.41. The molecule has 21 heavy (non-hydrogen) atoms. The fourth-order valence-corrected chi connectivity index (χ4v) is 3.51. The van der Waals surface area contributed by atoms with E-state index >= 15 is 0 Å². The summed E-state index contributed by atoms with van der Waals surface area (Å²) in [5.74, 6) is -1.26. The molecule has 3 unspecified atom stereocenters. The number of rotatable bonds is 2. The van der Waals surface area contributed by atoms with Crippen molar-refractivity contribution in [2.45, 2.75) is 37.6 Å². The number of para-hydroxylation sites is 1. The normalized spacial score (nSPS) is 28.2. The zero-order valence-corrected chi connectivity index (χ0v) is 11.9. The molecule has 5 heteroatoms. The van der Waals surface area contributed by atoms with E-state index in [0.717, 1.165) is 30.5 Å². The molecule has 1 aliphatic heterocycles. The summed E-state index contributed by atoms with van der Waals surface area (Å²) < 4.78 is 0. The van der Waals surface area contributed by atoms with Crippen molar-refractivity contribution in [2.75, 3.05) is 11.4 Å². The van der Waals surface area contributed by atoms with E-state index in [1.807, 2.05) is 24.3 Å². The Morgan fingerprint density at radius 2 is 1.95 bits per heavy atom. The van der Waals surface area contributed by atoms with Crippen molar-refractivity contribution < 1.29 is 14.7 Å². The van der Waals surface area contributed by atoms with Crippen molar-refractivity contribution in [3.8, 4) is 0 Å². The van der Waals surface area contributed by atoms with Gasteiger partial charge in [0.05, 0.1) is 5.92 Å². The van der Waals surface area contributed by atoms with Crippen LogP contribution in [0.4, 0.5) is 5.69 Å². The number of fused-ring (bicyclic) bond motifs is 1. The minimum Gasteiger partial charge on any atom is -0.481 e. The number of anilines is 1. The third-order valence-electron chi connectivity index (χ3n) is 4.63. The average Bonchev–Trinajstić information content (AvgIpc) is 2.91. The van der Waals surface area contributed by atoms with E-state index in [4.69, 9.17) is 5.73 Å². The van der Waals surface area contributed by atoms with Crippen LogP contribution in [0.5, 0.6) is 0 Å². The Balaban J connectivity index is 1.89. The van der Waals surface area contributed by atoms with E-state index in [1.165, 1.54) is 0 Å². The predicted molar refractivity (Wildman–Crippen MR) is 79.1 cm³/mol. The highest BCUT2D eigenvalue weighted by atomic mass is 16.4. The molecule has 1 aromatic rings. The summed E-state index contributed by atoms with van der Waals surface area (Å²) in [6.45, 7) is 0.471. The van der Waals surface area contributed by atoms with Crippen LogP contribution in [-0.2, 0) is 9.59 Å². The lowest BCUT2D eigenvalue weighted by molar-refractivity contribution is -0.139. The fourth-order valence-electron chi connectivity index (χ4n) is 3.51. The zero-order chi connectivity index (χ0) is 15.0. The van der Waals surface area contributed by atoms with Crippen molar-refractivity contribution in [3.63, 3.8) is 0 Å². The van der Waals surface area contributed by atoms with Crippen LogP contribution in [0.3, 0.4) is 0 Å². The van der Waals surface area contributed by atoms with Gasteiger partial charge in [-0.25, -0.2) is 0 Å². The van der Waals surface area contributed by atoms with E-state index in [-0.39, 0.29) is 17.9 Å². The van der Waals surface area contributed by atoms with Crippen LogP contribution in [-0.4, -0.2) is 29.6 Å². The molecule has 0 spiro atoms. The Morgan fingerprint density at radius 3 is 2.62 bits per heavy atom. The number of amides is 1. The van der Waals surface area contributed by atoms with E-state index in [1.54, 1.807) is 4.90 Å². The highest BCUT2D eigenvalue weighted by Gasteiger charge is 2.36. The molecule has 2 aliphatic rings. The van der Waals surface area contributed by atoms with Gasteiger partial charge in [0.2, 0.25) is 5.91 Å². The van der Waals surface area contributed by atoms with Crippen LogP contribution < -0.4 is 10.6 Å². The molecule has 0 radical (unpaired) electrons. The van der Waals surface area contributed by atoms with Gasteiger partial charge in [-0.2, -0.15) is 0 Å². The van der Waals surface area contributed by atoms with Gasteiger partial charge in [0.25, 0.3) is 0 Å². The topological polar surface area (TPSA) is 83.6 Å². The highest BCUT2D eigenvalue weighted by Crippen LogP contribution is 2.37. The summed E-state index contributed by atoms with van der Waals surface area (Å²) in [5, 5.41) is 9.34. The van der Waals surface area contributed by atoms with E-state index in [9.17, 15) is 14.7 Å². The standard InChI is InChI=1S/C16H20N2O3/c17-11-6-5-10(9-11)15(19)18-8-7-13(16(20)21)12-3-1-2-4-14(12)18/h1-4,10-11,13H,5-9,17H2,(H,20,21). The minimum atomic E-state index is -0.822. The maximum absolute atomic E-state index is 12.7. The number of carboxylic acid groups (broad SMARTS) is 1. The molecule has 1 heterocycles. The number of hydrogen-bond donors (Lipinski definition) is 2. The SMILES string of the molecule is NC1CCC(C(=O)N2CCC(C(=O)O)c3ccccc32)C1. The van der Waals surface area contributed by atoms with Gasteiger partial charge in [0.1, 0.15) is 0 Å². The molecule has 112 valence electrons. The van der Waals surface area contributed by atoms with Crippen LogP contribution in [0.25, 0.3) is 0 Å². The smallest absolute Gasteiger partial charge is 0.311 e. The number of aliphatic carboxylic acids is 1. The van der Waals surface area contributed by atoms with Crippen molar-refractivity contribution in [1.29, 1.82) is 0 Å².